The number of anilines is 1. The molecule has 2 unspecified atom stereocenters. The zero-order valence-electron chi connectivity index (χ0n) is 14.2. The van der Waals surface area contributed by atoms with Gasteiger partial charge in [0.05, 0.1) is 22.6 Å². The molecule has 148 valence electrons. The first-order valence-electron chi connectivity index (χ1n) is 8.48. The van der Waals surface area contributed by atoms with Gasteiger partial charge >= 0.3 is 12.4 Å². The van der Waals surface area contributed by atoms with E-state index in [-0.39, 0.29) is 13.0 Å². The van der Waals surface area contributed by atoms with E-state index < -0.39 is 46.4 Å². The second-order valence-corrected chi connectivity index (χ2v) is 6.91. The maximum absolute atomic E-state index is 13.6. The lowest BCUT2D eigenvalue weighted by Gasteiger charge is -2.31. The van der Waals surface area contributed by atoms with Crippen molar-refractivity contribution >= 4 is 11.6 Å². The Morgan fingerprint density at radius 3 is 2.36 bits per heavy atom. The molecule has 9 heteroatoms. The van der Waals surface area contributed by atoms with Gasteiger partial charge in [0, 0.05) is 5.69 Å². The van der Waals surface area contributed by atoms with Gasteiger partial charge in [-0.2, -0.15) is 26.3 Å². The Hall–Kier alpha value is -2.55. The Morgan fingerprint density at radius 1 is 0.964 bits per heavy atom. The zero-order chi connectivity index (χ0) is 20.3. The first-order chi connectivity index (χ1) is 13.0. The molecule has 1 spiro atoms. The quantitative estimate of drug-likeness (QED) is 0.685. The van der Waals surface area contributed by atoms with Gasteiger partial charge in [-0.15, -0.1) is 0 Å². The number of para-hydroxylation sites is 1. The summed E-state index contributed by atoms with van der Waals surface area (Å²) in [6, 6.07) is 6.66. The van der Waals surface area contributed by atoms with Crippen molar-refractivity contribution in [1.29, 1.82) is 0 Å². The molecule has 2 N–H and O–H groups in total. The van der Waals surface area contributed by atoms with Crippen molar-refractivity contribution in [1.82, 2.24) is 5.32 Å². The molecule has 2 aromatic carbocycles. The Morgan fingerprint density at radius 2 is 1.68 bits per heavy atom. The maximum atomic E-state index is 13.6. The summed E-state index contributed by atoms with van der Waals surface area (Å²) in [6.07, 6.45) is -9.49. The number of fused-ring (bicyclic) bond motifs is 2. The summed E-state index contributed by atoms with van der Waals surface area (Å²) in [5, 5.41) is 5.49. The van der Waals surface area contributed by atoms with Crippen LogP contribution in [0.3, 0.4) is 0 Å². The number of benzene rings is 2. The fourth-order valence-corrected chi connectivity index (χ4v) is 4.22. The van der Waals surface area contributed by atoms with Crippen molar-refractivity contribution in [3.8, 4) is 0 Å². The molecule has 0 bridgehead atoms. The molecule has 2 aliphatic rings. The van der Waals surface area contributed by atoms with Crippen LogP contribution in [0.1, 0.15) is 34.7 Å². The number of alkyl halides is 6. The van der Waals surface area contributed by atoms with Crippen molar-refractivity contribution in [2.24, 2.45) is 0 Å². The van der Waals surface area contributed by atoms with Crippen molar-refractivity contribution in [3.05, 3.63) is 64.7 Å². The fraction of sp³-hybridized carbons (Fsp3) is 0.316. The largest absolute Gasteiger partial charge is 0.416 e. The summed E-state index contributed by atoms with van der Waals surface area (Å²) in [5.74, 6) is -0.519. The van der Waals surface area contributed by atoms with Gasteiger partial charge in [0.1, 0.15) is 0 Å². The second kappa shape index (κ2) is 5.97. The highest BCUT2D eigenvalue weighted by Gasteiger charge is 2.57. The monoisotopic (exact) mass is 400 g/mol. The number of nitrogens with one attached hydrogen (secondary N) is 2. The topological polar surface area (TPSA) is 41.1 Å². The average Bonchev–Trinajstić information content (AvgIpc) is 3.17. The smallest absolute Gasteiger partial charge is 0.325 e. The van der Waals surface area contributed by atoms with Crippen LogP contribution < -0.4 is 10.6 Å². The number of hydrogen-bond acceptors (Lipinski definition) is 2. The molecule has 1 saturated heterocycles. The third-order valence-corrected chi connectivity index (χ3v) is 5.42. The minimum atomic E-state index is -4.86. The van der Waals surface area contributed by atoms with E-state index in [0.717, 1.165) is 0 Å². The van der Waals surface area contributed by atoms with Crippen molar-refractivity contribution in [2.45, 2.75) is 30.2 Å². The Labute approximate surface area is 155 Å². The third-order valence-electron chi connectivity index (χ3n) is 5.42. The van der Waals surface area contributed by atoms with E-state index in [1.165, 1.54) is 0 Å². The SMILES string of the molecule is O=C1Nc2ccccc2C12CCNC2c1cc(C(F)(F)F)ccc1C(F)(F)F. The molecule has 0 aromatic heterocycles. The van der Waals surface area contributed by atoms with E-state index >= 15 is 0 Å². The molecule has 4 rings (SSSR count). The summed E-state index contributed by atoms with van der Waals surface area (Å²) < 4.78 is 80.3. The predicted octanol–water partition coefficient (Wildman–Crippen LogP) is 4.65. The van der Waals surface area contributed by atoms with Crippen LogP contribution in [0.25, 0.3) is 0 Å². The molecule has 3 nitrogen and oxygen atoms in total. The summed E-state index contributed by atoms with van der Waals surface area (Å²) in [4.78, 5) is 12.8. The predicted molar refractivity (Wildman–Crippen MR) is 88.6 cm³/mol. The van der Waals surface area contributed by atoms with Gasteiger partial charge in [0.2, 0.25) is 5.91 Å². The maximum Gasteiger partial charge on any atom is 0.416 e. The van der Waals surface area contributed by atoms with E-state index in [1.54, 1.807) is 24.3 Å². The standard InChI is InChI=1S/C19H14F6N2O/c20-18(21,22)10-5-6-12(19(23,24)25)11(9-10)15-17(7-8-26-15)13-3-1-2-4-14(13)27-16(17)28/h1-6,9,15,26H,7-8H2,(H,27,28). The van der Waals surface area contributed by atoms with Crippen LogP contribution in [0.4, 0.5) is 32.0 Å². The first kappa shape index (κ1) is 18.8. The molecule has 2 heterocycles. The van der Waals surface area contributed by atoms with Crippen LogP contribution in [-0.4, -0.2) is 12.5 Å². The normalized spacial score (nSPS) is 24.5. The van der Waals surface area contributed by atoms with Crippen LogP contribution in [0, 0.1) is 0 Å². The van der Waals surface area contributed by atoms with Crippen LogP contribution in [0.5, 0.6) is 0 Å². The van der Waals surface area contributed by atoms with Crippen molar-refractivity contribution in [3.63, 3.8) is 0 Å². The van der Waals surface area contributed by atoms with E-state index in [9.17, 15) is 31.1 Å². The van der Waals surface area contributed by atoms with Gasteiger partial charge in [-0.3, -0.25) is 4.79 Å². The van der Waals surface area contributed by atoms with Gasteiger partial charge in [-0.05, 0) is 48.4 Å². The van der Waals surface area contributed by atoms with Gasteiger partial charge in [-0.25, -0.2) is 0 Å². The van der Waals surface area contributed by atoms with Crippen LogP contribution >= 0.6 is 0 Å². The average molecular weight is 400 g/mol. The molecule has 2 aliphatic heterocycles. The number of halogens is 6. The summed E-state index contributed by atoms with van der Waals surface area (Å²) >= 11 is 0. The Bertz CT molecular complexity index is 952. The first-order valence-corrected chi connectivity index (χ1v) is 8.48. The van der Waals surface area contributed by atoms with Crippen LogP contribution in [0.15, 0.2) is 42.5 Å². The van der Waals surface area contributed by atoms with Crippen LogP contribution in [0.2, 0.25) is 0 Å². The molecule has 28 heavy (non-hydrogen) atoms. The fourth-order valence-electron chi connectivity index (χ4n) is 4.22. The summed E-state index contributed by atoms with van der Waals surface area (Å²) in [5.41, 5.74) is -3.41. The van der Waals surface area contributed by atoms with E-state index in [1.807, 2.05) is 0 Å². The lowest BCUT2D eigenvalue weighted by Crippen LogP contribution is -2.40. The number of rotatable bonds is 1. The molecule has 2 aromatic rings. The van der Waals surface area contributed by atoms with E-state index in [4.69, 9.17) is 0 Å². The van der Waals surface area contributed by atoms with Crippen molar-refractivity contribution in [2.75, 3.05) is 11.9 Å². The third kappa shape index (κ3) is 2.68. The molecule has 0 radical (unpaired) electrons. The molecular formula is C19H14F6N2O. The molecular weight excluding hydrogens is 386 g/mol. The zero-order valence-corrected chi connectivity index (χ0v) is 14.2. The van der Waals surface area contributed by atoms with Gasteiger partial charge in [0.15, 0.2) is 0 Å². The molecule has 0 aliphatic carbocycles. The summed E-state index contributed by atoms with van der Waals surface area (Å²) in [7, 11) is 0. The lowest BCUT2D eigenvalue weighted by molar-refractivity contribution is -0.142. The number of carbonyl (C=O) groups is 1. The molecule has 2 atom stereocenters. The minimum Gasteiger partial charge on any atom is -0.325 e. The highest BCUT2D eigenvalue weighted by atomic mass is 19.4. The van der Waals surface area contributed by atoms with Gasteiger partial charge in [0.25, 0.3) is 0 Å². The number of hydrogen-bond donors (Lipinski definition) is 2. The van der Waals surface area contributed by atoms with E-state index in [0.29, 0.717) is 29.4 Å². The molecule has 1 amide bonds. The van der Waals surface area contributed by atoms with Crippen molar-refractivity contribution < 1.29 is 31.1 Å². The minimum absolute atomic E-state index is 0.175. The molecule has 1 fully saturated rings. The highest BCUT2D eigenvalue weighted by Crippen LogP contribution is 2.53. The highest BCUT2D eigenvalue weighted by molar-refractivity contribution is 6.07. The van der Waals surface area contributed by atoms with Gasteiger partial charge < -0.3 is 10.6 Å². The van der Waals surface area contributed by atoms with Crippen LogP contribution in [-0.2, 0) is 22.6 Å². The lowest BCUT2D eigenvalue weighted by atomic mass is 9.72. The molecule has 0 saturated carbocycles. The number of amides is 1. The summed E-state index contributed by atoms with van der Waals surface area (Å²) in [6.45, 7) is 0.194. The Kier molecular flexibility index (Phi) is 4.01. The second-order valence-electron chi connectivity index (χ2n) is 6.91. The van der Waals surface area contributed by atoms with E-state index in [2.05, 4.69) is 10.6 Å². The van der Waals surface area contributed by atoms with Gasteiger partial charge in [-0.1, -0.05) is 18.2 Å². The Balaban J connectivity index is 1.94. The number of carbonyl (C=O) groups excluding carboxylic acids is 1.